The molecule has 86 valence electrons. The zero-order chi connectivity index (χ0) is 12.4. The van der Waals surface area contributed by atoms with Gasteiger partial charge in [-0.05, 0) is 25.1 Å². The van der Waals surface area contributed by atoms with Crippen molar-refractivity contribution in [2.24, 2.45) is 5.92 Å². The Labute approximate surface area is 107 Å². The Kier molecular flexibility index (Phi) is 3.27. The van der Waals surface area contributed by atoms with Crippen LogP contribution in [0, 0.1) is 17.2 Å². The molecular weight excluding hydrogens is 258 g/mol. The number of amides is 1. The van der Waals surface area contributed by atoms with Crippen molar-refractivity contribution in [3.05, 3.63) is 23.2 Å². The van der Waals surface area contributed by atoms with E-state index in [1.165, 1.54) is 11.3 Å². The van der Waals surface area contributed by atoms with Crippen LogP contribution in [-0.2, 0) is 4.79 Å². The first kappa shape index (κ1) is 11.8. The molecule has 1 N–H and O–H groups in total. The number of carbonyl (C=O) groups is 1. The molecule has 1 atom stereocenters. The van der Waals surface area contributed by atoms with E-state index in [1.807, 2.05) is 6.07 Å². The highest BCUT2D eigenvalue weighted by atomic mass is 35.5. The van der Waals surface area contributed by atoms with Gasteiger partial charge in [-0.1, -0.05) is 22.9 Å². The van der Waals surface area contributed by atoms with Crippen LogP contribution in [0.4, 0.5) is 5.13 Å². The van der Waals surface area contributed by atoms with E-state index in [4.69, 9.17) is 16.9 Å². The number of anilines is 1. The average molecular weight is 266 g/mol. The summed E-state index contributed by atoms with van der Waals surface area (Å²) in [5.41, 5.74) is 0.777. The summed E-state index contributed by atoms with van der Waals surface area (Å²) in [6.45, 7) is 1.54. The monoisotopic (exact) mass is 265 g/mol. The van der Waals surface area contributed by atoms with Crippen molar-refractivity contribution in [3.8, 4) is 6.07 Å². The third-order valence-corrected chi connectivity index (χ3v) is 3.34. The molecule has 1 aromatic heterocycles. The van der Waals surface area contributed by atoms with Gasteiger partial charge < -0.3 is 5.32 Å². The molecule has 1 heterocycles. The molecule has 0 bridgehead atoms. The maximum atomic E-state index is 11.5. The van der Waals surface area contributed by atoms with Crippen LogP contribution >= 0.6 is 22.9 Å². The molecule has 0 aliphatic heterocycles. The fourth-order valence-corrected chi connectivity index (χ4v) is 2.37. The number of rotatable bonds is 2. The predicted octanol–water partition coefficient (Wildman–Crippen LogP) is 3.05. The van der Waals surface area contributed by atoms with Crippen molar-refractivity contribution < 1.29 is 4.79 Å². The van der Waals surface area contributed by atoms with Gasteiger partial charge in [-0.3, -0.25) is 4.79 Å². The summed E-state index contributed by atoms with van der Waals surface area (Å²) in [7, 11) is 0. The lowest BCUT2D eigenvalue weighted by molar-refractivity contribution is -0.117. The molecule has 0 aliphatic carbocycles. The molecular formula is C11H8ClN3OS. The maximum absolute atomic E-state index is 11.5. The Morgan fingerprint density at radius 2 is 2.41 bits per heavy atom. The van der Waals surface area contributed by atoms with Crippen molar-refractivity contribution in [3.63, 3.8) is 0 Å². The summed E-state index contributed by atoms with van der Waals surface area (Å²) in [6, 6.07) is 7.19. The number of carbonyl (C=O) groups excluding carboxylic acids is 1. The van der Waals surface area contributed by atoms with Crippen LogP contribution in [0.3, 0.4) is 0 Å². The second kappa shape index (κ2) is 4.70. The molecule has 17 heavy (non-hydrogen) atoms. The lowest BCUT2D eigenvalue weighted by atomic mass is 10.2. The Morgan fingerprint density at radius 3 is 3.12 bits per heavy atom. The number of hydrogen-bond donors (Lipinski definition) is 1. The first-order valence-corrected chi connectivity index (χ1v) is 6.06. The van der Waals surface area contributed by atoms with Crippen LogP contribution in [0.2, 0.25) is 5.02 Å². The third-order valence-electron chi connectivity index (χ3n) is 2.17. The molecule has 1 amide bonds. The minimum atomic E-state index is -0.689. The lowest BCUT2D eigenvalue weighted by Gasteiger charge is -2.00. The largest absolute Gasteiger partial charge is 0.301 e. The van der Waals surface area contributed by atoms with Crippen molar-refractivity contribution >= 4 is 44.2 Å². The van der Waals surface area contributed by atoms with Crippen LogP contribution in [0.5, 0.6) is 0 Å². The van der Waals surface area contributed by atoms with Crippen molar-refractivity contribution in [1.29, 1.82) is 5.26 Å². The second-order valence-electron chi connectivity index (χ2n) is 3.47. The Bertz CT molecular complexity index is 617. The van der Waals surface area contributed by atoms with Gasteiger partial charge >= 0.3 is 0 Å². The molecule has 0 saturated carbocycles. The number of thiazole rings is 1. The van der Waals surface area contributed by atoms with E-state index in [1.54, 1.807) is 25.1 Å². The predicted molar refractivity (Wildman–Crippen MR) is 68.0 cm³/mol. The molecule has 0 saturated heterocycles. The molecule has 0 spiro atoms. The number of aromatic nitrogens is 1. The molecule has 1 aromatic carbocycles. The van der Waals surface area contributed by atoms with Crippen molar-refractivity contribution in [2.45, 2.75) is 6.92 Å². The first-order chi connectivity index (χ1) is 8.10. The summed E-state index contributed by atoms with van der Waals surface area (Å²) in [5.74, 6) is -1.04. The minimum absolute atomic E-state index is 0.349. The van der Waals surface area contributed by atoms with Gasteiger partial charge in [0.15, 0.2) is 5.13 Å². The van der Waals surface area contributed by atoms with E-state index < -0.39 is 5.92 Å². The average Bonchev–Trinajstić information content (AvgIpc) is 2.69. The zero-order valence-corrected chi connectivity index (χ0v) is 10.5. The van der Waals surface area contributed by atoms with Gasteiger partial charge in [-0.25, -0.2) is 4.98 Å². The van der Waals surface area contributed by atoms with Gasteiger partial charge in [0.25, 0.3) is 0 Å². The molecule has 0 radical (unpaired) electrons. The Balaban J connectivity index is 2.26. The van der Waals surface area contributed by atoms with Gasteiger partial charge in [-0.15, -0.1) is 0 Å². The van der Waals surface area contributed by atoms with Crippen LogP contribution in [0.25, 0.3) is 10.2 Å². The standard InChI is InChI=1S/C11H8ClN3OS/c1-6(5-13)10(16)15-11-14-8-3-2-7(12)4-9(8)17-11/h2-4,6H,1H3,(H,14,15,16). The van der Waals surface area contributed by atoms with Crippen LogP contribution < -0.4 is 5.32 Å². The van der Waals surface area contributed by atoms with E-state index in [0.29, 0.717) is 10.2 Å². The SMILES string of the molecule is CC(C#N)C(=O)Nc1nc2ccc(Cl)cc2s1. The maximum Gasteiger partial charge on any atom is 0.243 e. The fourth-order valence-electron chi connectivity index (χ4n) is 1.22. The van der Waals surface area contributed by atoms with Crippen molar-refractivity contribution in [1.82, 2.24) is 4.98 Å². The van der Waals surface area contributed by atoms with Gasteiger partial charge in [0, 0.05) is 5.02 Å². The highest BCUT2D eigenvalue weighted by molar-refractivity contribution is 7.22. The van der Waals surface area contributed by atoms with Crippen molar-refractivity contribution in [2.75, 3.05) is 5.32 Å². The van der Waals surface area contributed by atoms with Crippen LogP contribution in [0.1, 0.15) is 6.92 Å². The van der Waals surface area contributed by atoms with Crippen LogP contribution in [0.15, 0.2) is 18.2 Å². The van der Waals surface area contributed by atoms with E-state index in [2.05, 4.69) is 10.3 Å². The molecule has 1 unspecified atom stereocenters. The van der Waals surface area contributed by atoms with E-state index in [9.17, 15) is 4.79 Å². The molecule has 4 nitrogen and oxygen atoms in total. The summed E-state index contributed by atoms with van der Waals surface area (Å²) in [4.78, 5) is 15.7. The highest BCUT2D eigenvalue weighted by Gasteiger charge is 2.14. The van der Waals surface area contributed by atoms with Gasteiger partial charge in [-0.2, -0.15) is 5.26 Å². The third kappa shape index (κ3) is 2.54. The quantitative estimate of drug-likeness (QED) is 0.908. The number of nitrogens with one attached hydrogen (secondary N) is 1. The number of halogens is 1. The Hall–Kier alpha value is -1.64. The van der Waals surface area contributed by atoms with E-state index in [-0.39, 0.29) is 5.91 Å². The summed E-state index contributed by atoms with van der Waals surface area (Å²) in [6.07, 6.45) is 0. The first-order valence-electron chi connectivity index (χ1n) is 4.86. The number of hydrogen-bond acceptors (Lipinski definition) is 4. The molecule has 0 fully saturated rings. The minimum Gasteiger partial charge on any atom is -0.301 e. The number of fused-ring (bicyclic) bond motifs is 1. The number of nitrogens with zero attached hydrogens (tertiary/aromatic N) is 2. The van der Waals surface area contributed by atoms with Gasteiger partial charge in [0.1, 0.15) is 5.92 Å². The Morgan fingerprint density at radius 1 is 1.65 bits per heavy atom. The topological polar surface area (TPSA) is 65.8 Å². The van der Waals surface area contributed by atoms with E-state index >= 15 is 0 Å². The van der Waals surface area contributed by atoms with Crippen LogP contribution in [-0.4, -0.2) is 10.9 Å². The molecule has 6 heteroatoms. The second-order valence-corrected chi connectivity index (χ2v) is 4.94. The normalized spacial score (nSPS) is 12.1. The highest BCUT2D eigenvalue weighted by Crippen LogP contribution is 2.28. The van der Waals surface area contributed by atoms with Gasteiger partial charge in [0.05, 0.1) is 16.3 Å². The zero-order valence-electron chi connectivity index (χ0n) is 8.90. The summed E-state index contributed by atoms with van der Waals surface area (Å²) < 4.78 is 0.900. The summed E-state index contributed by atoms with van der Waals surface area (Å²) in [5, 5.41) is 12.3. The lowest BCUT2D eigenvalue weighted by Crippen LogP contribution is -2.18. The molecule has 0 aliphatic rings. The molecule has 2 rings (SSSR count). The van der Waals surface area contributed by atoms with Gasteiger partial charge in [0.2, 0.25) is 5.91 Å². The molecule has 2 aromatic rings. The van der Waals surface area contributed by atoms with E-state index in [0.717, 1.165) is 10.2 Å². The number of nitriles is 1. The smallest absolute Gasteiger partial charge is 0.243 e. The summed E-state index contributed by atoms with van der Waals surface area (Å²) >= 11 is 7.19. The fraction of sp³-hybridized carbons (Fsp3) is 0.182. The number of benzene rings is 1.